The predicted molar refractivity (Wildman–Crippen MR) is 89.4 cm³/mol. The van der Waals surface area contributed by atoms with E-state index in [0.717, 1.165) is 6.20 Å². The first-order valence-electron chi connectivity index (χ1n) is 5.55. The van der Waals surface area contributed by atoms with E-state index in [9.17, 15) is 17.6 Å². The zero-order valence-electron chi connectivity index (χ0n) is 11.0. The van der Waals surface area contributed by atoms with Gasteiger partial charge >= 0.3 is 0 Å². The standard InChI is InChI=1S/C7H5BrFNO.C5H3BrClNO3S/c8-4-1-2-5(7(10)11)6(9)3-4;6-4-1-3(12(9,10)11)2-8-5(4)7/h1-3H,(H2,10,11);1-2H,(H,9,10,11). The number of pyridine rings is 1. The van der Waals surface area contributed by atoms with Crippen LogP contribution in [0.4, 0.5) is 4.39 Å². The zero-order chi connectivity index (χ0) is 17.8. The number of amides is 1. The summed E-state index contributed by atoms with van der Waals surface area (Å²) in [5.74, 6) is -1.36. The van der Waals surface area contributed by atoms with Gasteiger partial charge in [0.25, 0.3) is 16.0 Å². The summed E-state index contributed by atoms with van der Waals surface area (Å²) in [7, 11) is -4.19. The van der Waals surface area contributed by atoms with E-state index in [2.05, 4.69) is 36.8 Å². The molecule has 2 rings (SSSR count). The van der Waals surface area contributed by atoms with Crippen LogP contribution >= 0.6 is 43.5 Å². The molecule has 1 aromatic carbocycles. The fourth-order valence-electron chi connectivity index (χ4n) is 1.23. The number of carbonyl (C=O) groups excluding carboxylic acids is 1. The van der Waals surface area contributed by atoms with E-state index in [1.165, 1.54) is 18.2 Å². The van der Waals surface area contributed by atoms with Crippen molar-refractivity contribution in [1.82, 2.24) is 4.98 Å². The number of nitrogens with two attached hydrogens (primary N) is 1. The molecule has 0 radical (unpaired) electrons. The van der Waals surface area contributed by atoms with Crippen molar-refractivity contribution in [3.8, 4) is 0 Å². The molecule has 2 aromatic rings. The van der Waals surface area contributed by atoms with Crippen molar-refractivity contribution in [2.24, 2.45) is 5.73 Å². The minimum absolute atomic E-state index is 0.0896. The largest absolute Gasteiger partial charge is 0.366 e. The summed E-state index contributed by atoms with van der Waals surface area (Å²) in [5.41, 5.74) is 4.78. The highest BCUT2D eigenvalue weighted by molar-refractivity contribution is 9.10. The Morgan fingerprint density at radius 2 is 1.91 bits per heavy atom. The average molecular weight is 491 g/mol. The van der Waals surface area contributed by atoms with Crippen molar-refractivity contribution in [3.05, 3.63) is 55.9 Å². The van der Waals surface area contributed by atoms with Crippen molar-refractivity contribution >= 4 is 59.5 Å². The van der Waals surface area contributed by atoms with Gasteiger partial charge in [0.05, 0.1) is 10.0 Å². The summed E-state index contributed by atoms with van der Waals surface area (Å²) in [6, 6.07) is 5.26. The average Bonchev–Trinajstić information content (AvgIpc) is 2.41. The SMILES string of the molecule is NC(=O)c1ccc(Br)cc1F.O=S(=O)(O)c1cnc(Cl)c(Br)c1. The highest BCUT2D eigenvalue weighted by atomic mass is 79.9. The third-order valence-corrected chi connectivity index (χ3v) is 4.71. The molecule has 0 bridgehead atoms. The maximum absolute atomic E-state index is 12.8. The fourth-order valence-corrected chi connectivity index (χ4v) is 2.62. The Hall–Kier alpha value is -1.07. The molecule has 1 heterocycles. The molecule has 124 valence electrons. The maximum Gasteiger partial charge on any atom is 0.296 e. The van der Waals surface area contributed by atoms with E-state index in [0.29, 0.717) is 8.95 Å². The van der Waals surface area contributed by atoms with E-state index >= 15 is 0 Å². The first-order valence-corrected chi connectivity index (χ1v) is 8.96. The van der Waals surface area contributed by atoms with Gasteiger partial charge in [0.2, 0.25) is 0 Å². The lowest BCUT2D eigenvalue weighted by Crippen LogP contribution is -2.12. The van der Waals surface area contributed by atoms with Gasteiger partial charge in [-0.25, -0.2) is 9.37 Å². The lowest BCUT2D eigenvalue weighted by Gasteiger charge is -1.97. The smallest absolute Gasteiger partial charge is 0.296 e. The Kier molecular flexibility index (Phi) is 7.08. The van der Waals surface area contributed by atoms with Gasteiger partial charge in [-0.2, -0.15) is 8.42 Å². The molecule has 0 spiro atoms. The Bertz CT molecular complexity index is 849. The van der Waals surface area contributed by atoms with Crippen LogP contribution in [0.25, 0.3) is 0 Å². The van der Waals surface area contributed by atoms with Crippen LogP contribution in [0.1, 0.15) is 10.4 Å². The summed E-state index contributed by atoms with van der Waals surface area (Å²) in [4.78, 5) is 13.7. The maximum atomic E-state index is 12.8. The van der Waals surface area contributed by atoms with Crippen molar-refractivity contribution in [2.45, 2.75) is 4.90 Å². The third-order valence-electron chi connectivity index (χ3n) is 2.27. The Morgan fingerprint density at radius 3 is 2.35 bits per heavy atom. The van der Waals surface area contributed by atoms with E-state index in [1.807, 2.05) is 0 Å². The van der Waals surface area contributed by atoms with Gasteiger partial charge in [-0.3, -0.25) is 9.35 Å². The van der Waals surface area contributed by atoms with Crippen LogP contribution in [0.2, 0.25) is 5.15 Å². The van der Waals surface area contributed by atoms with E-state index in [1.54, 1.807) is 6.07 Å². The normalized spacial score (nSPS) is 10.7. The fraction of sp³-hybridized carbons (Fsp3) is 0. The lowest BCUT2D eigenvalue weighted by molar-refractivity contribution is 0.0996. The molecule has 0 aliphatic heterocycles. The van der Waals surface area contributed by atoms with Gasteiger partial charge in [0.1, 0.15) is 15.9 Å². The monoisotopic (exact) mass is 488 g/mol. The van der Waals surface area contributed by atoms with Crippen LogP contribution in [0.3, 0.4) is 0 Å². The van der Waals surface area contributed by atoms with Gasteiger partial charge < -0.3 is 5.73 Å². The van der Waals surface area contributed by atoms with Crippen LogP contribution in [0.15, 0.2) is 44.3 Å². The molecular weight excluding hydrogens is 482 g/mol. The molecule has 0 aliphatic carbocycles. The number of rotatable bonds is 2. The molecule has 0 fully saturated rings. The Balaban J connectivity index is 0.000000231. The molecule has 23 heavy (non-hydrogen) atoms. The van der Waals surface area contributed by atoms with Gasteiger partial charge in [-0.15, -0.1) is 0 Å². The molecular formula is C12H8Br2ClFN2O4S. The summed E-state index contributed by atoms with van der Waals surface area (Å²) in [6.07, 6.45) is 0.975. The number of carbonyl (C=O) groups is 1. The third kappa shape index (κ3) is 6.15. The number of aromatic nitrogens is 1. The number of benzene rings is 1. The van der Waals surface area contributed by atoms with Crippen molar-refractivity contribution in [3.63, 3.8) is 0 Å². The molecule has 1 amide bonds. The Morgan fingerprint density at radius 1 is 1.30 bits per heavy atom. The van der Waals surface area contributed by atoms with Crippen LogP contribution in [0, 0.1) is 5.82 Å². The van der Waals surface area contributed by atoms with Crippen LogP contribution in [-0.2, 0) is 10.1 Å². The molecule has 0 saturated heterocycles. The number of primary amides is 1. The van der Waals surface area contributed by atoms with E-state index in [4.69, 9.17) is 21.9 Å². The highest BCUT2D eigenvalue weighted by Crippen LogP contribution is 2.22. The summed E-state index contributed by atoms with van der Waals surface area (Å²) in [5, 5.41) is 0.141. The quantitative estimate of drug-likeness (QED) is 0.495. The molecule has 1 aromatic heterocycles. The first kappa shape index (κ1) is 20.0. The second kappa shape index (κ2) is 8.15. The minimum Gasteiger partial charge on any atom is -0.366 e. The second-order valence-corrected chi connectivity index (χ2v) is 7.46. The highest BCUT2D eigenvalue weighted by Gasteiger charge is 2.11. The van der Waals surface area contributed by atoms with Crippen molar-refractivity contribution in [1.29, 1.82) is 0 Å². The molecule has 6 nitrogen and oxygen atoms in total. The molecule has 0 unspecified atom stereocenters. The first-order chi connectivity index (χ1) is 10.5. The molecule has 0 aliphatic rings. The summed E-state index contributed by atoms with van der Waals surface area (Å²) >= 11 is 11.5. The van der Waals surface area contributed by atoms with Gasteiger partial charge in [-0.1, -0.05) is 27.5 Å². The zero-order valence-corrected chi connectivity index (χ0v) is 15.7. The topological polar surface area (TPSA) is 110 Å². The van der Waals surface area contributed by atoms with Gasteiger partial charge in [0, 0.05) is 10.7 Å². The number of nitrogens with zero attached hydrogens (tertiary/aromatic N) is 1. The molecule has 3 N–H and O–H groups in total. The number of hydrogen-bond donors (Lipinski definition) is 2. The van der Waals surface area contributed by atoms with Crippen molar-refractivity contribution < 1.29 is 22.2 Å². The Labute approximate surface area is 152 Å². The molecule has 11 heteroatoms. The second-order valence-electron chi connectivity index (χ2n) is 3.91. The van der Waals surface area contributed by atoms with Crippen LogP contribution in [0.5, 0.6) is 0 Å². The van der Waals surface area contributed by atoms with E-state index in [-0.39, 0.29) is 15.6 Å². The van der Waals surface area contributed by atoms with Gasteiger partial charge in [0.15, 0.2) is 0 Å². The van der Waals surface area contributed by atoms with Crippen LogP contribution in [-0.4, -0.2) is 23.9 Å². The summed E-state index contributed by atoms with van der Waals surface area (Å²) < 4.78 is 43.3. The molecule has 0 atom stereocenters. The lowest BCUT2D eigenvalue weighted by atomic mass is 10.2. The molecule has 0 saturated carbocycles. The summed E-state index contributed by atoms with van der Waals surface area (Å²) in [6.45, 7) is 0. The van der Waals surface area contributed by atoms with E-state index < -0.39 is 21.8 Å². The van der Waals surface area contributed by atoms with Crippen molar-refractivity contribution in [2.75, 3.05) is 0 Å². The van der Waals surface area contributed by atoms with Crippen LogP contribution < -0.4 is 5.73 Å². The predicted octanol–water partition coefficient (Wildman–Crippen LogP) is 3.43. The number of halogens is 4. The van der Waals surface area contributed by atoms with Gasteiger partial charge in [-0.05, 0) is 40.2 Å². The number of hydrogen-bond acceptors (Lipinski definition) is 4. The minimum atomic E-state index is -4.19.